The zero-order valence-corrected chi connectivity index (χ0v) is 29.8. The van der Waals surface area contributed by atoms with Crippen molar-refractivity contribution >= 4 is 39.8 Å². The van der Waals surface area contributed by atoms with Gasteiger partial charge in [-0.3, -0.25) is 5.41 Å². The lowest BCUT2D eigenvalue weighted by atomic mass is 9.92. The lowest BCUT2D eigenvalue weighted by Gasteiger charge is -2.11. The number of para-hydroxylation sites is 1. The summed E-state index contributed by atoms with van der Waals surface area (Å²) in [6.45, 7) is 0. The maximum absolute atomic E-state index is 8.67. The summed E-state index contributed by atoms with van der Waals surface area (Å²) in [5.74, 6) is 1.43. The largest absolute Gasteiger partial charge is 0.455 e. The van der Waals surface area contributed by atoms with E-state index in [0.717, 1.165) is 83.4 Å². The molecule has 0 aliphatic rings. The molecule has 0 fully saturated rings. The van der Waals surface area contributed by atoms with E-state index in [4.69, 9.17) is 19.8 Å². The third-order valence-corrected chi connectivity index (χ3v) is 9.61. The van der Waals surface area contributed by atoms with Crippen molar-refractivity contribution in [3.05, 3.63) is 211 Å². The standard InChI is InChI=1S/C50H34N4O/c51-49(37-22-9-3-10-23-37)54-50(38-24-11-4-12-25-38)52-33-34-17-15-26-39(31-34)40-27-16-28-41(32-40)44-45-46(35-18-5-1-6-19-35)53-43-30-14-13-29-42(43)48(45)55-47(44)36-20-7-2-8-21-36/h1-33,51H. The zero-order chi connectivity index (χ0) is 37.0. The smallest absolute Gasteiger partial charge is 0.161 e. The fraction of sp³-hybridized carbons (Fsp3) is 0. The zero-order valence-electron chi connectivity index (χ0n) is 29.8. The summed E-state index contributed by atoms with van der Waals surface area (Å²) in [5.41, 5.74) is 11.2. The molecule has 5 heteroatoms. The molecule has 0 bridgehead atoms. The van der Waals surface area contributed by atoms with Gasteiger partial charge in [0.25, 0.3) is 0 Å². The second kappa shape index (κ2) is 14.9. The number of fused-ring (bicyclic) bond motifs is 3. The summed E-state index contributed by atoms with van der Waals surface area (Å²) in [6.07, 6.45) is 1.82. The second-order valence-corrected chi connectivity index (χ2v) is 13.2. The number of furan rings is 1. The first kappa shape index (κ1) is 33.3. The van der Waals surface area contributed by atoms with Gasteiger partial charge in [-0.2, -0.15) is 0 Å². The van der Waals surface area contributed by atoms with Crippen LogP contribution in [0.5, 0.6) is 0 Å². The van der Waals surface area contributed by atoms with Crippen molar-refractivity contribution in [1.29, 1.82) is 5.41 Å². The maximum atomic E-state index is 8.67. The fourth-order valence-corrected chi connectivity index (χ4v) is 6.97. The Morgan fingerprint density at radius 3 is 1.82 bits per heavy atom. The van der Waals surface area contributed by atoms with Gasteiger partial charge in [0.2, 0.25) is 0 Å². The molecule has 2 aromatic heterocycles. The number of aliphatic imine (C=N–C) groups is 2. The van der Waals surface area contributed by atoms with Crippen LogP contribution in [0.1, 0.15) is 16.7 Å². The molecule has 0 saturated carbocycles. The number of pyridine rings is 1. The van der Waals surface area contributed by atoms with Gasteiger partial charge in [0.1, 0.15) is 11.3 Å². The van der Waals surface area contributed by atoms with Gasteiger partial charge in [0.05, 0.1) is 16.6 Å². The van der Waals surface area contributed by atoms with Crippen LogP contribution in [0.25, 0.3) is 66.7 Å². The Kier molecular flexibility index (Phi) is 9.01. The lowest BCUT2D eigenvalue weighted by molar-refractivity contribution is 0.636. The van der Waals surface area contributed by atoms with E-state index in [1.54, 1.807) is 0 Å². The molecule has 55 heavy (non-hydrogen) atoms. The molecule has 0 amide bonds. The molecule has 0 aliphatic heterocycles. The minimum Gasteiger partial charge on any atom is -0.455 e. The van der Waals surface area contributed by atoms with E-state index < -0.39 is 0 Å². The van der Waals surface area contributed by atoms with Crippen LogP contribution >= 0.6 is 0 Å². The number of hydrogen-bond donors (Lipinski definition) is 1. The molecule has 0 saturated heterocycles. The van der Waals surface area contributed by atoms with Crippen molar-refractivity contribution in [2.24, 2.45) is 9.98 Å². The first-order chi connectivity index (χ1) is 27.2. The molecule has 1 N–H and O–H groups in total. The van der Waals surface area contributed by atoms with Crippen molar-refractivity contribution < 1.29 is 4.42 Å². The quantitative estimate of drug-likeness (QED) is 0.132. The molecular weight excluding hydrogens is 673 g/mol. The SMILES string of the molecule is N=C(N=C(N=Cc1cccc(-c2cccc(-c3c(-c4ccccc4)oc4c3c(-c3ccccc3)nc3ccccc34)c2)c1)c1ccccc1)c1ccccc1. The fourth-order valence-electron chi connectivity index (χ4n) is 6.97. The van der Waals surface area contributed by atoms with Crippen LogP contribution in [0.3, 0.4) is 0 Å². The minimum absolute atomic E-state index is 0.155. The summed E-state index contributed by atoms with van der Waals surface area (Å²) in [5, 5.41) is 10.6. The number of hydrogen-bond acceptors (Lipinski definition) is 3. The summed E-state index contributed by atoms with van der Waals surface area (Å²) in [4.78, 5) is 14.7. The number of nitrogens with one attached hydrogen (secondary N) is 1. The van der Waals surface area contributed by atoms with Crippen LogP contribution in [0, 0.1) is 5.41 Å². The highest BCUT2D eigenvalue weighted by atomic mass is 16.3. The Bertz CT molecular complexity index is 2860. The van der Waals surface area contributed by atoms with Crippen molar-refractivity contribution in [2.75, 3.05) is 0 Å². The summed E-state index contributed by atoms with van der Waals surface area (Å²) < 4.78 is 6.94. The number of nitrogens with zero attached hydrogens (tertiary/aromatic N) is 3. The topological polar surface area (TPSA) is 74.6 Å². The van der Waals surface area contributed by atoms with E-state index in [1.807, 2.05) is 121 Å². The Balaban J connectivity index is 1.16. The van der Waals surface area contributed by atoms with Gasteiger partial charge in [0.15, 0.2) is 11.7 Å². The normalized spacial score (nSPS) is 11.7. The summed E-state index contributed by atoms with van der Waals surface area (Å²) in [7, 11) is 0. The van der Waals surface area contributed by atoms with Crippen LogP contribution in [0.2, 0.25) is 0 Å². The van der Waals surface area contributed by atoms with E-state index in [2.05, 4.69) is 83.9 Å². The highest BCUT2D eigenvalue weighted by Crippen LogP contribution is 2.47. The van der Waals surface area contributed by atoms with Crippen LogP contribution < -0.4 is 0 Å². The Hall–Kier alpha value is -7.50. The molecular formula is C50H34N4O. The van der Waals surface area contributed by atoms with Gasteiger partial charge in [-0.15, -0.1) is 0 Å². The summed E-state index contributed by atoms with van der Waals surface area (Å²) in [6, 6.07) is 65.1. The molecule has 7 aromatic carbocycles. The molecule has 0 atom stereocenters. The first-order valence-corrected chi connectivity index (χ1v) is 18.2. The van der Waals surface area contributed by atoms with E-state index in [1.165, 1.54) is 0 Å². The molecule has 0 aliphatic carbocycles. The van der Waals surface area contributed by atoms with E-state index in [0.29, 0.717) is 5.84 Å². The van der Waals surface area contributed by atoms with Gasteiger partial charge in [-0.1, -0.05) is 170 Å². The van der Waals surface area contributed by atoms with Gasteiger partial charge >= 0.3 is 0 Å². The van der Waals surface area contributed by atoms with E-state index in [9.17, 15) is 0 Å². The van der Waals surface area contributed by atoms with Crippen molar-refractivity contribution in [1.82, 2.24) is 4.98 Å². The third-order valence-electron chi connectivity index (χ3n) is 9.61. The molecule has 9 aromatic rings. The number of aromatic nitrogens is 1. The van der Waals surface area contributed by atoms with Gasteiger partial charge in [-0.25, -0.2) is 15.0 Å². The minimum atomic E-state index is 0.155. The van der Waals surface area contributed by atoms with E-state index >= 15 is 0 Å². The molecule has 2 heterocycles. The average molecular weight is 707 g/mol. The van der Waals surface area contributed by atoms with Crippen molar-refractivity contribution in [3.8, 4) is 44.8 Å². The maximum Gasteiger partial charge on any atom is 0.161 e. The Morgan fingerprint density at radius 2 is 1.09 bits per heavy atom. The number of rotatable bonds is 7. The molecule has 9 rings (SSSR count). The average Bonchev–Trinajstić information content (AvgIpc) is 3.67. The molecule has 260 valence electrons. The van der Waals surface area contributed by atoms with Crippen LogP contribution in [-0.2, 0) is 0 Å². The first-order valence-electron chi connectivity index (χ1n) is 18.2. The number of benzene rings is 7. The highest BCUT2D eigenvalue weighted by Gasteiger charge is 2.24. The Morgan fingerprint density at radius 1 is 0.527 bits per heavy atom. The van der Waals surface area contributed by atoms with Crippen molar-refractivity contribution in [2.45, 2.75) is 0 Å². The predicted molar refractivity (Wildman–Crippen MR) is 227 cm³/mol. The van der Waals surface area contributed by atoms with Crippen molar-refractivity contribution in [3.63, 3.8) is 0 Å². The third kappa shape index (κ3) is 6.78. The van der Waals surface area contributed by atoms with Crippen LogP contribution in [-0.4, -0.2) is 22.9 Å². The van der Waals surface area contributed by atoms with Gasteiger partial charge in [0, 0.05) is 39.4 Å². The highest BCUT2D eigenvalue weighted by molar-refractivity contribution is 6.17. The molecule has 0 unspecified atom stereocenters. The van der Waals surface area contributed by atoms with Gasteiger partial charge < -0.3 is 4.42 Å². The predicted octanol–water partition coefficient (Wildman–Crippen LogP) is 12.5. The lowest BCUT2D eigenvalue weighted by Crippen LogP contribution is -2.04. The molecule has 0 radical (unpaired) electrons. The summed E-state index contributed by atoms with van der Waals surface area (Å²) >= 11 is 0. The number of amidine groups is 2. The van der Waals surface area contributed by atoms with Crippen LogP contribution in [0.15, 0.2) is 209 Å². The Labute approximate surface area is 319 Å². The monoisotopic (exact) mass is 706 g/mol. The molecule has 0 spiro atoms. The van der Waals surface area contributed by atoms with E-state index in [-0.39, 0.29) is 5.84 Å². The second-order valence-electron chi connectivity index (χ2n) is 13.2. The van der Waals surface area contributed by atoms with Crippen LogP contribution in [0.4, 0.5) is 0 Å². The van der Waals surface area contributed by atoms with Gasteiger partial charge in [-0.05, 0) is 46.5 Å². The molecule has 5 nitrogen and oxygen atoms in total.